The molecule has 88 valence electrons. The van der Waals surface area contributed by atoms with E-state index in [2.05, 4.69) is 11.6 Å². The van der Waals surface area contributed by atoms with Crippen LogP contribution in [0.25, 0.3) is 12.7 Å². The standard InChI is InChI=1S/C12H11NO3S/c1-7-13-12(15)11(17-7)6-8-5-9(16-2)3-4-10(8)14/h3-6,14H,1H2,2H3,(H,13,15)/b11-6-. The first-order valence-electron chi connectivity index (χ1n) is 4.87. The second kappa shape index (κ2) is 4.47. The van der Waals surface area contributed by atoms with Gasteiger partial charge in [-0.3, -0.25) is 4.79 Å². The summed E-state index contributed by atoms with van der Waals surface area (Å²) < 4.78 is 6.14. The number of thiazole rings is 1. The Balaban J connectivity index is 2.63. The zero-order valence-electron chi connectivity index (χ0n) is 9.19. The Morgan fingerprint density at radius 3 is 2.88 bits per heavy atom. The molecule has 2 N–H and O–H groups in total. The van der Waals surface area contributed by atoms with E-state index in [9.17, 15) is 9.90 Å². The van der Waals surface area contributed by atoms with Gasteiger partial charge in [-0.2, -0.15) is 0 Å². The average Bonchev–Trinajstić information content (AvgIpc) is 2.60. The van der Waals surface area contributed by atoms with E-state index in [0.29, 0.717) is 20.5 Å². The largest absolute Gasteiger partial charge is 0.507 e. The molecule has 4 nitrogen and oxygen atoms in total. The van der Waals surface area contributed by atoms with Crippen molar-refractivity contribution >= 4 is 24.0 Å². The summed E-state index contributed by atoms with van der Waals surface area (Å²) in [5.74, 6) is 0.723. The Morgan fingerprint density at radius 2 is 2.29 bits per heavy atom. The van der Waals surface area contributed by atoms with Crippen LogP contribution >= 0.6 is 11.3 Å². The van der Waals surface area contributed by atoms with Crippen molar-refractivity contribution < 1.29 is 9.84 Å². The first-order chi connectivity index (χ1) is 8.10. The molecule has 0 radical (unpaired) electrons. The van der Waals surface area contributed by atoms with Gasteiger partial charge in [-0.1, -0.05) is 6.58 Å². The molecule has 0 fully saturated rings. The van der Waals surface area contributed by atoms with Crippen LogP contribution in [-0.4, -0.2) is 17.2 Å². The highest BCUT2D eigenvalue weighted by Crippen LogP contribution is 2.23. The lowest BCUT2D eigenvalue weighted by Gasteiger charge is -2.02. The van der Waals surface area contributed by atoms with E-state index < -0.39 is 0 Å². The number of benzene rings is 1. The minimum Gasteiger partial charge on any atom is -0.507 e. The highest BCUT2D eigenvalue weighted by Gasteiger charge is 2.01. The molecule has 0 saturated heterocycles. The normalized spacial score (nSPS) is 11.7. The van der Waals surface area contributed by atoms with E-state index >= 15 is 0 Å². The first-order valence-corrected chi connectivity index (χ1v) is 5.68. The number of H-pyrrole nitrogens is 1. The maximum absolute atomic E-state index is 11.5. The van der Waals surface area contributed by atoms with Gasteiger partial charge in [0, 0.05) is 5.56 Å². The lowest BCUT2D eigenvalue weighted by Crippen LogP contribution is -2.19. The fourth-order valence-corrected chi connectivity index (χ4v) is 2.14. The van der Waals surface area contributed by atoms with Gasteiger partial charge in [-0.25, -0.2) is 0 Å². The molecule has 0 bridgehead atoms. The number of rotatable bonds is 2. The maximum atomic E-state index is 11.5. The Hall–Kier alpha value is -2.01. The first kappa shape index (κ1) is 11.5. The smallest absolute Gasteiger partial charge is 0.266 e. The monoisotopic (exact) mass is 249 g/mol. The van der Waals surface area contributed by atoms with Crippen LogP contribution in [0.5, 0.6) is 11.5 Å². The molecule has 0 unspecified atom stereocenters. The quantitative estimate of drug-likeness (QED) is 0.809. The molecule has 0 spiro atoms. The fourth-order valence-electron chi connectivity index (χ4n) is 1.40. The van der Waals surface area contributed by atoms with Crippen LogP contribution in [-0.2, 0) is 0 Å². The van der Waals surface area contributed by atoms with E-state index in [1.54, 1.807) is 25.3 Å². The van der Waals surface area contributed by atoms with E-state index in [4.69, 9.17) is 4.74 Å². The number of phenols is 1. The molecule has 17 heavy (non-hydrogen) atoms. The number of aromatic amines is 1. The van der Waals surface area contributed by atoms with Gasteiger partial charge in [0.2, 0.25) is 0 Å². The zero-order valence-corrected chi connectivity index (χ0v) is 10.0. The van der Waals surface area contributed by atoms with Crippen molar-refractivity contribution in [3.05, 3.63) is 43.3 Å². The highest BCUT2D eigenvalue weighted by molar-refractivity contribution is 7.07. The molecular weight excluding hydrogens is 238 g/mol. The van der Waals surface area contributed by atoms with E-state index in [-0.39, 0.29) is 11.3 Å². The summed E-state index contributed by atoms with van der Waals surface area (Å²) in [6.07, 6.45) is 1.61. The summed E-state index contributed by atoms with van der Waals surface area (Å²) in [6.45, 7) is 3.66. The molecule has 2 aromatic rings. The van der Waals surface area contributed by atoms with Crippen molar-refractivity contribution in [2.45, 2.75) is 0 Å². The minimum absolute atomic E-state index is 0.101. The van der Waals surface area contributed by atoms with E-state index in [1.807, 2.05) is 0 Å². The number of nitrogens with one attached hydrogen (secondary N) is 1. The van der Waals surface area contributed by atoms with Gasteiger partial charge in [-0.15, -0.1) is 11.3 Å². The van der Waals surface area contributed by atoms with Crippen molar-refractivity contribution in [3.63, 3.8) is 0 Å². The SMILES string of the molecule is C=c1[nH]c(=O)/c(=C/c2cc(OC)ccc2O)s1. The van der Waals surface area contributed by atoms with Crippen LogP contribution in [0, 0.1) is 0 Å². The second-order valence-corrected chi connectivity index (χ2v) is 4.55. The van der Waals surface area contributed by atoms with Crippen LogP contribution in [0.3, 0.4) is 0 Å². The predicted octanol–water partition coefficient (Wildman–Crippen LogP) is 0.390. The summed E-state index contributed by atoms with van der Waals surface area (Å²) >= 11 is 1.24. The lowest BCUT2D eigenvalue weighted by atomic mass is 10.2. The average molecular weight is 249 g/mol. The Kier molecular flexibility index (Phi) is 3.01. The molecular formula is C12H11NO3S. The topological polar surface area (TPSA) is 62.3 Å². The van der Waals surface area contributed by atoms with E-state index in [0.717, 1.165) is 0 Å². The number of methoxy groups -OCH3 is 1. The molecule has 0 aliphatic rings. The summed E-state index contributed by atoms with van der Waals surface area (Å²) in [7, 11) is 1.54. The number of hydrogen-bond donors (Lipinski definition) is 2. The van der Waals surface area contributed by atoms with Crippen LogP contribution in [0.1, 0.15) is 5.56 Å². The van der Waals surface area contributed by atoms with Crippen molar-refractivity contribution in [1.82, 2.24) is 4.98 Å². The Bertz CT molecular complexity index is 699. The number of aromatic hydroxyl groups is 1. The Morgan fingerprint density at radius 1 is 1.53 bits per heavy atom. The fraction of sp³-hybridized carbons (Fsp3) is 0.0833. The van der Waals surface area contributed by atoms with Gasteiger partial charge in [0.15, 0.2) is 0 Å². The molecule has 2 rings (SSSR count). The molecule has 1 aromatic carbocycles. The zero-order chi connectivity index (χ0) is 12.4. The molecule has 0 aliphatic carbocycles. The lowest BCUT2D eigenvalue weighted by molar-refractivity contribution is 0.412. The second-order valence-electron chi connectivity index (χ2n) is 3.41. The molecule has 1 heterocycles. The van der Waals surface area contributed by atoms with Gasteiger partial charge in [0.1, 0.15) is 11.5 Å². The van der Waals surface area contributed by atoms with Crippen LogP contribution in [0.15, 0.2) is 23.0 Å². The van der Waals surface area contributed by atoms with Crippen LogP contribution in [0.2, 0.25) is 0 Å². The molecule has 0 amide bonds. The van der Waals surface area contributed by atoms with E-state index in [1.165, 1.54) is 17.4 Å². The summed E-state index contributed by atoms with van der Waals surface area (Å²) in [6, 6.07) is 4.84. The molecule has 0 atom stereocenters. The predicted molar refractivity (Wildman–Crippen MR) is 67.9 cm³/mol. The number of aromatic nitrogens is 1. The van der Waals surface area contributed by atoms with Gasteiger partial charge < -0.3 is 14.8 Å². The Labute approximate surface area is 101 Å². The highest BCUT2D eigenvalue weighted by atomic mass is 32.1. The molecule has 5 heteroatoms. The van der Waals surface area contributed by atoms with Gasteiger partial charge in [0.25, 0.3) is 5.56 Å². The van der Waals surface area contributed by atoms with Gasteiger partial charge in [0.05, 0.1) is 16.3 Å². The van der Waals surface area contributed by atoms with Gasteiger partial charge in [-0.05, 0) is 24.3 Å². The number of hydrogen-bond acceptors (Lipinski definition) is 4. The van der Waals surface area contributed by atoms with Crippen molar-refractivity contribution in [2.75, 3.05) is 7.11 Å². The molecule has 0 aliphatic heterocycles. The van der Waals surface area contributed by atoms with Crippen molar-refractivity contribution in [3.8, 4) is 11.5 Å². The minimum atomic E-state index is -0.206. The maximum Gasteiger partial charge on any atom is 0.266 e. The van der Waals surface area contributed by atoms with Crippen molar-refractivity contribution in [2.24, 2.45) is 0 Å². The van der Waals surface area contributed by atoms with Gasteiger partial charge >= 0.3 is 0 Å². The summed E-state index contributed by atoms with van der Waals surface area (Å²) in [5.41, 5.74) is 0.332. The summed E-state index contributed by atoms with van der Waals surface area (Å²) in [5, 5.41) is 9.68. The van der Waals surface area contributed by atoms with Crippen molar-refractivity contribution in [1.29, 1.82) is 0 Å². The number of ether oxygens (including phenoxy) is 1. The summed E-state index contributed by atoms with van der Waals surface area (Å²) in [4.78, 5) is 14.1. The molecule has 1 aromatic heterocycles. The molecule has 0 saturated carbocycles. The van der Waals surface area contributed by atoms with Crippen LogP contribution in [0.4, 0.5) is 0 Å². The third kappa shape index (κ3) is 2.39. The third-order valence-corrected chi connectivity index (χ3v) is 3.10. The third-order valence-electron chi connectivity index (χ3n) is 2.23. The number of phenolic OH excluding ortho intramolecular Hbond substituents is 1. The van der Waals surface area contributed by atoms with Crippen LogP contribution < -0.4 is 19.5 Å².